The fraction of sp³-hybridized carbons (Fsp3) is 0.750. The van der Waals surface area contributed by atoms with Crippen LogP contribution < -0.4 is 0 Å². The van der Waals surface area contributed by atoms with Crippen LogP contribution in [0, 0.1) is 34.0 Å². The number of hydrogen-bond donors (Lipinski definition) is 0. The van der Waals surface area contributed by atoms with Crippen molar-refractivity contribution in [2.75, 3.05) is 0 Å². The molecule has 1 aliphatic heterocycles. The summed E-state index contributed by atoms with van der Waals surface area (Å²) in [7, 11) is -7.41. The summed E-state index contributed by atoms with van der Waals surface area (Å²) in [4.78, 5) is 0. The minimum atomic E-state index is -2.47. The molecule has 1 rings (SSSR count). The second kappa shape index (κ2) is 7.32. The van der Waals surface area contributed by atoms with Crippen LogP contribution in [-0.4, -0.2) is 25.7 Å². The van der Waals surface area contributed by atoms with Crippen molar-refractivity contribution in [1.29, 1.82) is 15.8 Å². The largest absolute Gasteiger partial charge is 0.416 e. The lowest BCUT2D eigenvalue weighted by Gasteiger charge is -2.50. The smallest absolute Gasteiger partial charge is 0.318 e. The Morgan fingerprint density at radius 2 is 0.857 bits per heavy atom. The quantitative estimate of drug-likeness (QED) is 0.690. The third-order valence-corrected chi connectivity index (χ3v) is 17.2. The zero-order valence-electron chi connectivity index (χ0n) is 12.8. The molecule has 0 radical (unpaired) electrons. The molecule has 1 fully saturated rings. The van der Waals surface area contributed by atoms with Gasteiger partial charge in [-0.3, -0.25) is 0 Å². The van der Waals surface area contributed by atoms with Crippen molar-refractivity contribution in [2.24, 2.45) is 0 Å². The third-order valence-electron chi connectivity index (χ3n) is 3.37. The van der Waals surface area contributed by atoms with E-state index < -0.39 is 25.7 Å². The van der Waals surface area contributed by atoms with Crippen molar-refractivity contribution in [3.8, 4) is 18.2 Å². The van der Waals surface area contributed by atoms with Gasteiger partial charge in [-0.05, 0) is 19.6 Å². The molecule has 0 spiro atoms. The van der Waals surface area contributed by atoms with Crippen molar-refractivity contribution in [3.63, 3.8) is 0 Å². The number of hydrogen-bond acceptors (Lipinski definition) is 6. The Balaban J connectivity index is 2.95. The van der Waals surface area contributed by atoms with Crippen molar-refractivity contribution in [2.45, 2.75) is 57.0 Å². The summed E-state index contributed by atoms with van der Waals surface area (Å²) < 4.78 is 18.7. The van der Waals surface area contributed by atoms with Gasteiger partial charge in [0.15, 0.2) is 0 Å². The Morgan fingerprint density at radius 3 is 1.05 bits per heavy atom. The molecule has 0 unspecified atom stereocenters. The molecule has 0 atom stereocenters. The van der Waals surface area contributed by atoms with Gasteiger partial charge in [0, 0.05) is 37.4 Å². The molecule has 9 heteroatoms. The zero-order chi connectivity index (χ0) is 16.0. The standard InChI is InChI=1S/C12H21N3O3Si3/c1-19(10-4-7-13)16-20(2,11-5-8-14)18-21(3,17-19)12-6-9-15/h4-6,10-12H2,1-3H3. The van der Waals surface area contributed by atoms with E-state index in [2.05, 4.69) is 18.2 Å². The fourth-order valence-electron chi connectivity index (χ4n) is 2.59. The highest BCUT2D eigenvalue weighted by Gasteiger charge is 2.55. The summed E-state index contributed by atoms with van der Waals surface area (Å²) in [6.07, 6.45) is 1.19. The van der Waals surface area contributed by atoms with Crippen LogP contribution in [0.3, 0.4) is 0 Å². The molecule has 0 aliphatic carbocycles. The Bertz CT molecular complexity index is 417. The second-order valence-electron chi connectivity index (χ2n) is 5.68. The summed E-state index contributed by atoms with van der Waals surface area (Å²) in [6.45, 7) is 5.92. The van der Waals surface area contributed by atoms with E-state index in [1.807, 2.05) is 19.6 Å². The lowest BCUT2D eigenvalue weighted by atomic mass is 10.6. The maximum Gasteiger partial charge on any atom is 0.318 e. The molecule has 1 aliphatic rings. The molecule has 0 saturated carbocycles. The molecule has 21 heavy (non-hydrogen) atoms. The molecule has 1 saturated heterocycles. The van der Waals surface area contributed by atoms with Crippen molar-refractivity contribution in [3.05, 3.63) is 0 Å². The van der Waals surface area contributed by atoms with Gasteiger partial charge in [0.1, 0.15) is 0 Å². The third kappa shape index (κ3) is 5.36. The molecular weight excluding hydrogens is 318 g/mol. The first kappa shape index (κ1) is 18.1. The molecule has 114 valence electrons. The number of rotatable bonds is 6. The first-order chi connectivity index (χ1) is 9.80. The lowest BCUT2D eigenvalue weighted by Crippen LogP contribution is -2.67. The van der Waals surface area contributed by atoms with E-state index >= 15 is 0 Å². The van der Waals surface area contributed by atoms with Crippen molar-refractivity contribution < 1.29 is 12.3 Å². The van der Waals surface area contributed by atoms with Crippen LogP contribution in [0.25, 0.3) is 0 Å². The van der Waals surface area contributed by atoms with E-state index in [1.165, 1.54) is 0 Å². The fourth-order valence-corrected chi connectivity index (χ4v) is 19.3. The minimum Gasteiger partial charge on any atom is -0.416 e. The number of nitrogens with zero attached hydrogens (tertiary/aromatic N) is 3. The Labute approximate surface area is 129 Å². The van der Waals surface area contributed by atoms with Crippen LogP contribution in [-0.2, 0) is 12.3 Å². The van der Waals surface area contributed by atoms with E-state index in [-0.39, 0.29) is 0 Å². The van der Waals surface area contributed by atoms with E-state index in [1.54, 1.807) is 0 Å². The molecule has 0 aromatic rings. The van der Waals surface area contributed by atoms with Gasteiger partial charge < -0.3 is 12.3 Å². The van der Waals surface area contributed by atoms with Gasteiger partial charge in [0.25, 0.3) is 0 Å². The molecular formula is C12H21N3O3Si3. The Kier molecular flexibility index (Phi) is 6.29. The molecule has 0 N–H and O–H groups in total. The summed E-state index contributed by atoms with van der Waals surface area (Å²) in [5.74, 6) is 0. The summed E-state index contributed by atoms with van der Waals surface area (Å²) >= 11 is 0. The zero-order valence-corrected chi connectivity index (χ0v) is 15.8. The van der Waals surface area contributed by atoms with Gasteiger partial charge in [0.05, 0.1) is 18.2 Å². The first-order valence-electron chi connectivity index (χ1n) is 7.02. The summed E-state index contributed by atoms with van der Waals surface area (Å²) in [5, 5.41) is 26.5. The lowest BCUT2D eigenvalue weighted by molar-refractivity contribution is 0.222. The highest BCUT2D eigenvalue weighted by atomic mass is 28.5. The average Bonchev–Trinajstić information content (AvgIpc) is 2.39. The maximum atomic E-state index is 8.82. The molecule has 0 bridgehead atoms. The van der Waals surface area contributed by atoms with Crippen LogP contribution in [0.1, 0.15) is 19.3 Å². The molecule has 0 aromatic heterocycles. The Morgan fingerprint density at radius 1 is 0.619 bits per heavy atom. The number of nitriles is 3. The van der Waals surface area contributed by atoms with Gasteiger partial charge in [0.2, 0.25) is 0 Å². The summed E-state index contributed by atoms with van der Waals surface area (Å²) in [6, 6.07) is 8.25. The van der Waals surface area contributed by atoms with E-state index in [0.29, 0.717) is 37.4 Å². The monoisotopic (exact) mass is 339 g/mol. The maximum absolute atomic E-state index is 8.82. The van der Waals surface area contributed by atoms with Crippen LogP contribution in [0.4, 0.5) is 0 Å². The SMILES string of the molecule is C[Si]1(CCC#N)O[Si](C)(CCC#N)O[Si](C)(CCC#N)O1. The molecule has 0 aromatic carbocycles. The van der Waals surface area contributed by atoms with E-state index in [9.17, 15) is 0 Å². The first-order valence-corrected chi connectivity index (χ1v) is 14.6. The highest BCUT2D eigenvalue weighted by Crippen LogP contribution is 2.37. The van der Waals surface area contributed by atoms with Gasteiger partial charge in [-0.25, -0.2) is 0 Å². The average molecular weight is 340 g/mol. The predicted octanol–water partition coefficient (Wildman–Crippen LogP) is 3.01. The molecule has 0 amide bonds. The van der Waals surface area contributed by atoms with Crippen LogP contribution >= 0.6 is 0 Å². The summed E-state index contributed by atoms with van der Waals surface area (Å²) in [5.41, 5.74) is 0. The topological polar surface area (TPSA) is 99.1 Å². The predicted molar refractivity (Wildman–Crippen MR) is 83.2 cm³/mol. The van der Waals surface area contributed by atoms with E-state index in [0.717, 1.165) is 0 Å². The van der Waals surface area contributed by atoms with Gasteiger partial charge >= 0.3 is 25.7 Å². The minimum absolute atomic E-state index is 0.397. The normalized spacial score (nSPS) is 35.4. The Hall–Kier alpha value is -0.999. The molecule has 6 nitrogen and oxygen atoms in total. The van der Waals surface area contributed by atoms with Gasteiger partial charge in [-0.2, -0.15) is 15.8 Å². The van der Waals surface area contributed by atoms with Gasteiger partial charge in [-0.15, -0.1) is 0 Å². The van der Waals surface area contributed by atoms with Crippen LogP contribution in [0.15, 0.2) is 0 Å². The molecule has 1 heterocycles. The van der Waals surface area contributed by atoms with E-state index in [4.69, 9.17) is 28.1 Å². The second-order valence-corrected chi connectivity index (χ2v) is 16.4. The van der Waals surface area contributed by atoms with Crippen molar-refractivity contribution >= 4 is 25.7 Å². The van der Waals surface area contributed by atoms with Crippen LogP contribution in [0.2, 0.25) is 37.8 Å². The van der Waals surface area contributed by atoms with Gasteiger partial charge in [-0.1, -0.05) is 0 Å². The van der Waals surface area contributed by atoms with Crippen molar-refractivity contribution in [1.82, 2.24) is 0 Å². The highest BCUT2D eigenvalue weighted by molar-refractivity contribution is 6.93. The van der Waals surface area contributed by atoms with Crippen LogP contribution in [0.5, 0.6) is 0 Å².